The number of aliphatic carboxylic acids is 1. The molecule has 0 bridgehead atoms. The Hall–Kier alpha value is -2.17. The van der Waals surface area contributed by atoms with Crippen LogP contribution in [-0.2, 0) is 4.79 Å². The summed E-state index contributed by atoms with van der Waals surface area (Å²) in [7, 11) is 0. The van der Waals surface area contributed by atoms with Crippen molar-refractivity contribution in [1.82, 2.24) is 5.32 Å². The molecule has 0 aromatic heterocycles. The maximum absolute atomic E-state index is 11.7. The van der Waals surface area contributed by atoms with E-state index in [4.69, 9.17) is 5.11 Å². The molecule has 1 aromatic carbocycles. The van der Waals surface area contributed by atoms with Crippen LogP contribution >= 0.6 is 0 Å². The topological polar surface area (TPSA) is 83.5 Å². The lowest BCUT2D eigenvalue weighted by Gasteiger charge is -2.07. The van der Waals surface area contributed by atoms with Crippen molar-refractivity contribution in [3.63, 3.8) is 0 Å². The smallest absolute Gasteiger partial charge is 0.305 e. The predicted molar refractivity (Wildman–Crippen MR) is 65.8 cm³/mol. The van der Waals surface area contributed by atoms with Gasteiger partial charge in [-0.3, -0.25) is 14.4 Å². The highest BCUT2D eigenvalue weighted by Gasteiger charge is 2.10. The minimum Gasteiger partial charge on any atom is -0.481 e. The lowest BCUT2D eigenvalue weighted by atomic mass is 10.0. The molecule has 0 unspecified atom stereocenters. The number of ketones is 1. The fourth-order valence-electron chi connectivity index (χ4n) is 1.53. The second-order valence-electron chi connectivity index (χ2n) is 3.99. The number of rotatable bonds is 5. The van der Waals surface area contributed by atoms with Crippen molar-refractivity contribution in [3.05, 3.63) is 34.9 Å². The number of aryl methyl sites for hydroxylation is 1. The van der Waals surface area contributed by atoms with E-state index >= 15 is 0 Å². The molecular formula is C13H15NO4. The quantitative estimate of drug-likeness (QED) is 0.773. The minimum absolute atomic E-state index is 0.0669. The van der Waals surface area contributed by atoms with E-state index < -0.39 is 5.97 Å². The molecule has 1 amide bonds. The van der Waals surface area contributed by atoms with E-state index in [1.807, 2.05) is 0 Å². The molecule has 0 saturated carbocycles. The Balaban J connectivity index is 2.77. The van der Waals surface area contributed by atoms with Crippen LogP contribution in [0.2, 0.25) is 0 Å². The monoisotopic (exact) mass is 249 g/mol. The van der Waals surface area contributed by atoms with Gasteiger partial charge in [-0.25, -0.2) is 0 Å². The van der Waals surface area contributed by atoms with Gasteiger partial charge in [0, 0.05) is 17.7 Å². The molecular weight excluding hydrogens is 234 g/mol. The average molecular weight is 249 g/mol. The summed E-state index contributed by atoms with van der Waals surface area (Å²) < 4.78 is 0. The lowest BCUT2D eigenvalue weighted by Crippen LogP contribution is -2.26. The lowest BCUT2D eigenvalue weighted by molar-refractivity contribution is -0.136. The van der Waals surface area contributed by atoms with E-state index in [9.17, 15) is 14.4 Å². The van der Waals surface area contributed by atoms with Crippen LogP contribution in [0, 0.1) is 6.92 Å². The zero-order chi connectivity index (χ0) is 13.7. The second kappa shape index (κ2) is 5.95. The molecule has 0 heterocycles. The van der Waals surface area contributed by atoms with E-state index in [1.165, 1.54) is 13.0 Å². The fourth-order valence-corrected chi connectivity index (χ4v) is 1.53. The Labute approximate surface area is 105 Å². The normalized spacial score (nSPS) is 9.89. The van der Waals surface area contributed by atoms with Gasteiger partial charge in [-0.15, -0.1) is 0 Å². The number of hydrogen-bond acceptors (Lipinski definition) is 3. The molecule has 0 aliphatic heterocycles. The van der Waals surface area contributed by atoms with Crippen LogP contribution in [0.1, 0.15) is 39.6 Å². The maximum Gasteiger partial charge on any atom is 0.305 e. The molecule has 96 valence electrons. The Morgan fingerprint density at radius 2 is 1.94 bits per heavy atom. The van der Waals surface area contributed by atoms with Crippen molar-refractivity contribution < 1.29 is 19.5 Å². The molecule has 0 atom stereocenters. The molecule has 0 radical (unpaired) electrons. The van der Waals surface area contributed by atoms with Gasteiger partial charge in [0.2, 0.25) is 0 Å². The van der Waals surface area contributed by atoms with E-state index in [1.54, 1.807) is 19.1 Å². The van der Waals surface area contributed by atoms with Crippen LogP contribution in [0.3, 0.4) is 0 Å². The first-order chi connectivity index (χ1) is 8.41. The number of carboxylic acids is 1. The minimum atomic E-state index is -0.969. The maximum atomic E-state index is 11.7. The van der Waals surface area contributed by atoms with Crippen LogP contribution in [0.5, 0.6) is 0 Å². The highest BCUT2D eigenvalue weighted by Crippen LogP contribution is 2.12. The van der Waals surface area contributed by atoms with Crippen LogP contribution in [-0.4, -0.2) is 29.3 Å². The Bertz CT molecular complexity index is 494. The summed E-state index contributed by atoms with van der Waals surface area (Å²) in [6.45, 7) is 3.30. The number of benzene rings is 1. The van der Waals surface area contributed by atoms with E-state index in [0.29, 0.717) is 11.1 Å². The van der Waals surface area contributed by atoms with E-state index in [-0.39, 0.29) is 24.7 Å². The summed E-state index contributed by atoms with van der Waals surface area (Å²) in [5.74, 6) is -1.45. The molecule has 0 fully saturated rings. The van der Waals surface area contributed by atoms with Crippen LogP contribution in [0.4, 0.5) is 0 Å². The molecule has 0 aliphatic carbocycles. The molecule has 2 N–H and O–H groups in total. The zero-order valence-electron chi connectivity index (χ0n) is 10.3. The number of amides is 1. The Morgan fingerprint density at radius 3 is 2.50 bits per heavy atom. The van der Waals surface area contributed by atoms with Gasteiger partial charge < -0.3 is 10.4 Å². The molecule has 0 saturated heterocycles. The van der Waals surface area contributed by atoms with Crippen molar-refractivity contribution in [2.24, 2.45) is 0 Å². The average Bonchev–Trinajstić information content (AvgIpc) is 2.28. The largest absolute Gasteiger partial charge is 0.481 e. The van der Waals surface area contributed by atoms with Crippen molar-refractivity contribution in [3.8, 4) is 0 Å². The number of carbonyl (C=O) groups is 3. The first-order valence-corrected chi connectivity index (χ1v) is 5.53. The van der Waals surface area contributed by atoms with Crippen LogP contribution < -0.4 is 5.32 Å². The Morgan fingerprint density at radius 1 is 1.28 bits per heavy atom. The predicted octanol–water partition coefficient (Wildman–Crippen LogP) is 1.40. The van der Waals surface area contributed by atoms with Crippen LogP contribution in [0.15, 0.2) is 18.2 Å². The number of nitrogens with one attached hydrogen (secondary N) is 1. The third kappa shape index (κ3) is 3.69. The Kier molecular flexibility index (Phi) is 4.59. The van der Waals surface area contributed by atoms with Gasteiger partial charge in [0.1, 0.15) is 0 Å². The van der Waals surface area contributed by atoms with E-state index in [0.717, 1.165) is 5.56 Å². The fraction of sp³-hybridized carbons (Fsp3) is 0.308. The van der Waals surface area contributed by atoms with Crippen molar-refractivity contribution >= 4 is 17.7 Å². The SMILES string of the molecule is CC(=O)c1cc(C(=O)NCCC(=O)O)ccc1C. The molecule has 5 nitrogen and oxygen atoms in total. The number of carbonyl (C=O) groups excluding carboxylic acids is 2. The second-order valence-corrected chi connectivity index (χ2v) is 3.99. The number of Topliss-reactive ketones (excluding diaryl/α,β-unsaturated/α-hetero) is 1. The summed E-state index contributed by atoms with van der Waals surface area (Å²) in [6.07, 6.45) is -0.128. The molecule has 1 aromatic rings. The first-order valence-electron chi connectivity index (χ1n) is 5.53. The van der Waals surface area contributed by atoms with Gasteiger partial charge in [-0.1, -0.05) is 6.07 Å². The summed E-state index contributed by atoms with van der Waals surface area (Å²) in [4.78, 5) is 33.3. The van der Waals surface area contributed by atoms with Crippen LogP contribution in [0.25, 0.3) is 0 Å². The molecule has 0 spiro atoms. The van der Waals surface area contributed by atoms with Gasteiger partial charge in [-0.2, -0.15) is 0 Å². The number of hydrogen-bond donors (Lipinski definition) is 2. The van der Waals surface area contributed by atoms with Crippen molar-refractivity contribution in [1.29, 1.82) is 0 Å². The summed E-state index contributed by atoms with van der Waals surface area (Å²) in [5.41, 5.74) is 1.67. The zero-order valence-corrected chi connectivity index (χ0v) is 10.3. The number of carboxylic acid groups (broad SMARTS) is 1. The molecule has 5 heteroatoms. The summed E-state index contributed by atoms with van der Waals surface area (Å²) in [6, 6.07) is 4.83. The van der Waals surface area contributed by atoms with Gasteiger partial charge in [0.25, 0.3) is 5.91 Å². The highest BCUT2D eigenvalue weighted by atomic mass is 16.4. The van der Waals surface area contributed by atoms with Gasteiger partial charge >= 0.3 is 5.97 Å². The van der Waals surface area contributed by atoms with Gasteiger partial charge in [-0.05, 0) is 31.5 Å². The molecule has 1 rings (SSSR count). The van der Waals surface area contributed by atoms with Crippen molar-refractivity contribution in [2.75, 3.05) is 6.54 Å². The van der Waals surface area contributed by atoms with E-state index in [2.05, 4.69) is 5.32 Å². The summed E-state index contributed by atoms with van der Waals surface area (Å²) in [5, 5.41) is 10.9. The molecule has 18 heavy (non-hydrogen) atoms. The third-order valence-corrected chi connectivity index (χ3v) is 2.50. The third-order valence-electron chi connectivity index (χ3n) is 2.50. The first kappa shape index (κ1) is 13.9. The summed E-state index contributed by atoms with van der Waals surface area (Å²) >= 11 is 0. The van der Waals surface area contributed by atoms with Gasteiger partial charge in [0.15, 0.2) is 5.78 Å². The highest BCUT2D eigenvalue weighted by molar-refractivity contribution is 6.00. The molecule has 0 aliphatic rings. The standard InChI is InChI=1S/C13H15NO4/c1-8-3-4-10(7-11(8)9(2)15)13(18)14-6-5-12(16)17/h3-4,7H,5-6H2,1-2H3,(H,14,18)(H,16,17). The van der Waals surface area contributed by atoms with Crippen molar-refractivity contribution in [2.45, 2.75) is 20.3 Å². The van der Waals surface area contributed by atoms with Gasteiger partial charge in [0.05, 0.1) is 6.42 Å².